The molecule has 0 radical (unpaired) electrons. The number of nitriles is 1. The molecule has 0 unspecified atom stereocenters. The predicted octanol–water partition coefficient (Wildman–Crippen LogP) is 3.38. The van der Waals surface area contributed by atoms with Crippen LogP contribution in [0.4, 0.5) is 0 Å². The molecule has 4 heteroatoms. The highest BCUT2D eigenvalue weighted by Gasteiger charge is 2.59. The molecule has 1 fully saturated rings. The van der Waals surface area contributed by atoms with Gasteiger partial charge in [0.05, 0.1) is 22.1 Å². The highest BCUT2D eigenvalue weighted by molar-refractivity contribution is 7.92. The van der Waals surface area contributed by atoms with E-state index in [4.69, 9.17) is 0 Å². The van der Waals surface area contributed by atoms with Crippen LogP contribution in [0, 0.1) is 31.1 Å². The first-order chi connectivity index (χ1) is 10.4. The van der Waals surface area contributed by atoms with Crippen LogP contribution in [-0.2, 0) is 9.84 Å². The molecule has 0 amide bonds. The van der Waals surface area contributed by atoms with Gasteiger partial charge in [0.1, 0.15) is 0 Å². The smallest absolute Gasteiger partial charge is 0.183 e. The zero-order chi connectivity index (χ0) is 15.9. The van der Waals surface area contributed by atoms with Gasteiger partial charge in [0.2, 0.25) is 0 Å². The number of hydrogen-bond acceptors (Lipinski definition) is 3. The quantitative estimate of drug-likeness (QED) is 0.873. The van der Waals surface area contributed by atoms with Gasteiger partial charge >= 0.3 is 0 Å². The lowest BCUT2D eigenvalue weighted by molar-refractivity contribution is 0.593. The summed E-state index contributed by atoms with van der Waals surface area (Å²) in [7, 11) is -3.47. The average Bonchev–Trinajstić information content (AvgIpc) is 3.24. The Morgan fingerprint density at radius 1 is 0.909 bits per heavy atom. The second kappa shape index (κ2) is 5.26. The minimum atomic E-state index is -3.47. The minimum absolute atomic E-state index is 0.225. The highest BCUT2D eigenvalue weighted by Crippen LogP contribution is 2.53. The Bertz CT molecular complexity index is 830. The molecule has 0 bridgehead atoms. The Labute approximate surface area is 131 Å². The van der Waals surface area contributed by atoms with Crippen LogP contribution in [0.15, 0.2) is 53.4 Å². The van der Waals surface area contributed by atoms with Gasteiger partial charge in [0, 0.05) is 5.92 Å². The summed E-state index contributed by atoms with van der Waals surface area (Å²) in [6, 6.07) is 16.8. The summed E-state index contributed by atoms with van der Waals surface area (Å²) in [6.07, 6.45) is 0. The van der Waals surface area contributed by atoms with Crippen LogP contribution >= 0.6 is 0 Å². The molecule has 3 rings (SSSR count). The Hall–Kier alpha value is -2.12. The SMILES string of the molecule is Cc1ccc([C@H]2[C@@H](C#N)[C@@H]2S(=O)(=O)c2ccc(C)cc2)cc1. The molecule has 112 valence electrons. The Balaban J connectivity index is 1.95. The summed E-state index contributed by atoms with van der Waals surface area (Å²) >= 11 is 0. The maximum absolute atomic E-state index is 12.8. The van der Waals surface area contributed by atoms with E-state index in [9.17, 15) is 13.7 Å². The third kappa shape index (κ3) is 2.42. The van der Waals surface area contributed by atoms with Crippen LogP contribution in [0.25, 0.3) is 0 Å². The van der Waals surface area contributed by atoms with Crippen LogP contribution in [-0.4, -0.2) is 13.7 Å². The molecule has 2 aromatic carbocycles. The molecule has 0 heterocycles. The van der Waals surface area contributed by atoms with Crippen LogP contribution in [0.1, 0.15) is 22.6 Å². The van der Waals surface area contributed by atoms with E-state index in [0.717, 1.165) is 16.7 Å². The maximum Gasteiger partial charge on any atom is 0.183 e. The van der Waals surface area contributed by atoms with Crippen molar-refractivity contribution in [2.24, 2.45) is 5.92 Å². The fourth-order valence-electron chi connectivity index (χ4n) is 2.89. The van der Waals surface area contributed by atoms with E-state index in [1.54, 1.807) is 24.3 Å². The van der Waals surface area contributed by atoms with Gasteiger partial charge in [-0.1, -0.05) is 47.5 Å². The van der Waals surface area contributed by atoms with Gasteiger partial charge < -0.3 is 0 Å². The predicted molar refractivity (Wildman–Crippen MR) is 85.2 cm³/mol. The molecule has 1 aliphatic carbocycles. The maximum atomic E-state index is 12.8. The summed E-state index contributed by atoms with van der Waals surface area (Å²) in [5.74, 6) is -0.689. The number of benzene rings is 2. The fraction of sp³-hybridized carbons (Fsp3) is 0.278. The summed E-state index contributed by atoms with van der Waals surface area (Å²) < 4.78 is 25.5. The van der Waals surface area contributed by atoms with Gasteiger partial charge in [-0.3, -0.25) is 0 Å². The topological polar surface area (TPSA) is 57.9 Å². The number of rotatable bonds is 3. The van der Waals surface area contributed by atoms with E-state index in [0.29, 0.717) is 4.90 Å². The molecule has 1 saturated carbocycles. The minimum Gasteiger partial charge on any atom is -0.223 e. The van der Waals surface area contributed by atoms with E-state index in [1.165, 1.54) is 0 Å². The Morgan fingerprint density at radius 3 is 1.91 bits per heavy atom. The molecule has 0 N–H and O–H groups in total. The lowest BCUT2D eigenvalue weighted by atomic mass is 10.1. The lowest BCUT2D eigenvalue weighted by Crippen LogP contribution is -2.10. The summed E-state index contributed by atoms with van der Waals surface area (Å²) in [5, 5.41) is 8.67. The molecule has 2 aromatic rings. The molecule has 3 nitrogen and oxygen atoms in total. The number of aryl methyl sites for hydroxylation is 2. The van der Waals surface area contributed by atoms with Crippen LogP contribution < -0.4 is 0 Å². The molecule has 22 heavy (non-hydrogen) atoms. The van der Waals surface area contributed by atoms with Gasteiger partial charge in [-0.05, 0) is 31.5 Å². The van der Waals surface area contributed by atoms with Crippen LogP contribution in [0.3, 0.4) is 0 Å². The monoisotopic (exact) mass is 311 g/mol. The first-order valence-electron chi connectivity index (χ1n) is 7.22. The van der Waals surface area contributed by atoms with Crippen molar-refractivity contribution in [1.29, 1.82) is 5.26 Å². The third-order valence-corrected chi connectivity index (χ3v) is 6.51. The summed E-state index contributed by atoms with van der Waals surface area (Å²) in [5.41, 5.74) is 3.07. The van der Waals surface area contributed by atoms with E-state index >= 15 is 0 Å². The van der Waals surface area contributed by atoms with Crippen molar-refractivity contribution in [2.75, 3.05) is 0 Å². The van der Waals surface area contributed by atoms with E-state index in [-0.39, 0.29) is 5.92 Å². The first kappa shape index (κ1) is 14.8. The standard InChI is InChI=1S/C18H17NO2S/c1-12-3-7-14(8-4-12)17-16(11-19)18(17)22(20,21)15-9-5-13(2)6-10-15/h3-10,16-18H,1-2H3/t16-,17+,18+/m1/s1. The van der Waals surface area contributed by atoms with Crippen molar-refractivity contribution in [3.8, 4) is 6.07 Å². The van der Waals surface area contributed by atoms with Crippen molar-refractivity contribution in [2.45, 2.75) is 29.9 Å². The molecule has 0 saturated heterocycles. The molecular weight excluding hydrogens is 294 g/mol. The van der Waals surface area contributed by atoms with Crippen molar-refractivity contribution >= 4 is 9.84 Å². The second-order valence-corrected chi connectivity index (χ2v) is 8.02. The zero-order valence-electron chi connectivity index (χ0n) is 12.5. The highest BCUT2D eigenvalue weighted by atomic mass is 32.2. The molecule has 0 aromatic heterocycles. The number of hydrogen-bond donors (Lipinski definition) is 0. The van der Waals surface area contributed by atoms with Crippen LogP contribution in [0.5, 0.6) is 0 Å². The van der Waals surface area contributed by atoms with Gasteiger partial charge in [0.15, 0.2) is 9.84 Å². The molecule has 0 spiro atoms. The largest absolute Gasteiger partial charge is 0.223 e. The van der Waals surface area contributed by atoms with Gasteiger partial charge in [-0.15, -0.1) is 0 Å². The van der Waals surface area contributed by atoms with E-state index < -0.39 is 21.0 Å². The van der Waals surface area contributed by atoms with Crippen molar-refractivity contribution < 1.29 is 8.42 Å². The normalized spacial score (nSPS) is 23.8. The Kier molecular flexibility index (Phi) is 3.54. The number of sulfone groups is 1. The third-order valence-electron chi connectivity index (χ3n) is 4.27. The lowest BCUT2D eigenvalue weighted by Gasteiger charge is -2.05. The molecule has 3 atom stereocenters. The number of nitrogens with zero attached hydrogens (tertiary/aromatic N) is 1. The summed E-state index contributed by atoms with van der Waals surface area (Å²) in [4.78, 5) is 0.304. The first-order valence-corrected chi connectivity index (χ1v) is 8.76. The molecule has 1 aliphatic rings. The molecule has 0 aliphatic heterocycles. The van der Waals surface area contributed by atoms with Crippen molar-refractivity contribution in [3.63, 3.8) is 0 Å². The molecular formula is C18H17NO2S. The van der Waals surface area contributed by atoms with Crippen molar-refractivity contribution in [1.82, 2.24) is 0 Å². The zero-order valence-corrected chi connectivity index (χ0v) is 13.3. The Morgan fingerprint density at radius 2 is 1.41 bits per heavy atom. The van der Waals surface area contributed by atoms with Gasteiger partial charge in [-0.2, -0.15) is 5.26 Å². The average molecular weight is 311 g/mol. The van der Waals surface area contributed by atoms with Crippen molar-refractivity contribution in [3.05, 3.63) is 65.2 Å². The van der Waals surface area contributed by atoms with Gasteiger partial charge in [0.25, 0.3) is 0 Å². The van der Waals surface area contributed by atoms with E-state index in [1.807, 2.05) is 38.1 Å². The van der Waals surface area contributed by atoms with E-state index in [2.05, 4.69) is 6.07 Å². The summed E-state index contributed by atoms with van der Waals surface area (Å²) in [6.45, 7) is 3.90. The fourth-order valence-corrected chi connectivity index (χ4v) is 4.96. The van der Waals surface area contributed by atoms with Crippen LogP contribution in [0.2, 0.25) is 0 Å². The second-order valence-electron chi connectivity index (χ2n) is 5.91. The van der Waals surface area contributed by atoms with Gasteiger partial charge in [-0.25, -0.2) is 8.42 Å².